The maximum Gasteiger partial charge on any atom is 0.169 e. The van der Waals surface area contributed by atoms with Crippen LogP contribution >= 0.6 is 0 Å². The van der Waals surface area contributed by atoms with Crippen LogP contribution in [0.4, 0.5) is 0 Å². The van der Waals surface area contributed by atoms with Crippen molar-refractivity contribution in [3.05, 3.63) is 23.3 Å². The highest BCUT2D eigenvalue weighted by Gasteiger charge is 2.48. The fourth-order valence-corrected chi connectivity index (χ4v) is 2.47. The minimum Gasteiger partial charge on any atom is -0.294 e. The summed E-state index contributed by atoms with van der Waals surface area (Å²) in [4.78, 5) is 13.1. The van der Waals surface area contributed by atoms with Crippen molar-refractivity contribution in [1.29, 1.82) is 0 Å². The van der Waals surface area contributed by atoms with E-state index in [9.17, 15) is 4.79 Å². The predicted molar refractivity (Wildman–Crippen MR) is 87.6 cm³/mol. The van der Waals surface area contributed by atoms with Crippen molar-refractivity contribution in [1.82, 2.24) is 0 Å². The third-order valence-electron chi connectivity index (χ3n) is 4.69. The molecule has 0 aliphatic heterocycles. The topological polar surface area (TPSA) is 17.1 Å². The molecule has 20 heavy (non-hydrogen) atoms. The summed E-state index contributed by atoms with van der Waals surface area (Å²) in [6.45, 7) is 21.6. The number of ketones is 1. The van der Waals surface area contributed by atoms with Crippen LogP contribution in [-0.2, 0) is 4.79 Å². The number of hydrogen-bond acceptors (Lipinski definition) is 1. The van der Waals surface area contributed by atoms with Gasteiger partial charge in [0.2, 0.25) is 0 Å². The molecule has 1 nitrogen and oxygen atoms in total. The van der Waals surface area contributed by atoms with Gasteiger partial charge in [-0.1, -0.05) is 74.5 Å². The van der Waals surface area contributed by atoms with Gasteiger partial charge in [0.25, 0.3) is 0 Å². The third-order valence-corrected chi connectivity index (χ3v) is 4.69. The van der Waals surface area contributed by atoms with E-state index in [-0.39, 0.29) is 22.0 Å². The van der Waals surface area contributed by atoms with Crippen molar-refractivity contribution in [3.63, 3.8) is 0 Å². The van der Waals surface area contributed by atoms with E-state index in [2.05, 4.69) is 81.4 Å². The molecule has 1 heteroatoms. The molecule has 0 fully saturated rings. The number of hydrogen-bond donors (Lipinski definition) is 0. The first-order chi connectivity index (χ1) is 8.61. The van der Waals surface area contributed by atoms with Gasteiger partial charge < -0.3 is 0 Å². The molecule has 0 spiro atoms. The second kappa shape index (κ2) is 4.58. The first-order valence-corrected chi connectivity index (χ1v) is 7.61. The maximum atomic E-state index is 13.1. The molecular weight excluding hydrogens is 244 g/mol. The van der Waals surface area contributed by atoms with Crippen LogP contribution in [0.5, 0.6) is 0 Å². The molecule has 1 unspecified atom stereocenters. The second-order valence-electron chi connectivity index (χ2n) is 9.44. The summed E-state index contributed by atoms with van der Waals surface area (Å²) >= 11 is 0. The van der Waals surface area contributed by atoms with E-state index in [0.29, 0.717) is 0 Å². The van der Waals surface area contributed by atoms with E-state index < -0.39 is 5.41 Å². The summed E-state index contributed by atoms with van der Waals surface area (Å²) < 4.78 is 0. The SMILES string of the molecule is CC(C)(C)C1=CC(C)(C(C)(C)C)C(=O)C(C(C)(C)C)=C1. The van der Waals surface area contributed by atoms with E-state index in [4.69, 9.17) is 0 Å². The molecule has 0 saturated heterocycles. The van der Waals surface area contributed by atoms with E-state index in [1.807, 2.05) is 0 Å². The molecule has 1 aliphatic rings. The van der Waals surface area contributed by atoms with Gasteiger partial charge in [-0.15, -0.1) is 0 Å². The van der Waals surface area contributed by atoms with Gasteiger partial charge in [0.05, 0.1) is 5.41 Å². The Morgan fingerprint density at radius 3 is 1.60 bits per heavy atom. The molecule has 0 bridgehead atoms. The smallest absolute Gasteiger partial charge is 0.169 e. The number of Topliss-reactive ketones (excluding diaryl/α,β-unsaturated/α-hetero) is 1. The first-order valence-electron chi connectivity index (χ1n) is 7.61. The molecule has 0 aromatic heterocycles. The van der Waals surface area contributed by atoms with Gasteiger partial charge in [-0.2, -0.15) is 0 Å². The number of carbonyl (C=O) groups excluding carboxylic acids is 1. The van der Waals surface area contributed by atoms with Gasteiger partial charge in [-0.3, -0.25) is 4.79 Å². The van der Waals surface area contributed by atoms with Gasteiger partial charge in [0, 0.05) is 5.57 Å². The first kappa shape index (κ1) is 17.2. The summed E-state index contributed by atoms with van der Waals surface area (Å²) in [5.74, 6) is 0.283. The fraction of sp³-hybridized carbons (Fsp3) is 0.737. The lowest BCUT2D eigenvalue weighted by atomic mass is 9.57. The van der Waals surface area contributed by atoms with Crippen molar-refractivity contribution >= 4 is 5.78 Å². The Kier molecular flexibility index (Phi) is 3.94. The molecule has 0 amide bonds. The van der Waals surface area contributed by atoms with Crippen LogP contribution in [0.2, 0.25) is 0 Å². The van der Waals surface area contributed by atoms with Gasteiger partial charge >= 0.3 is 0 Å². The molecule has 114 valence electrons. The summed E-state index contributed by atoms with van der Waals surface area (Å²) in [6.07, 6.45) is 4.35. The third kappa shape index (κ3) is 2.92. The van der Waals surface area contributed by atoms with Gasteiger partial charge in [-0.25, -0.2) is 0 Å². The molecular formula is C19H32O. The average Bonchev–Trinajstić information content (AvgIpc) is 2.16. The standard InChI is InChI=1S/C19H32O/c1-16(2,3)13-11-14(17(4,5)6)15(20)19(10,12-13)18(7,8)9/h11-12H,1-10H3. The van der Waals surface area contributed by atoms with Crippen molar-refractivity contribution in [2.45, 2.75) is 69.2 Å². The van der Waals surface area contributed by atoms with E-state index in [1.165, 1.54) is 5.57 Å². The van der Waals surface area contributed by atoms with Crippen molar-refractivity contribution in [3.8, 4) is 0 Å². The largest absolute Gasteiger partial charge is 0.294 e. The normalized spacial score (nSPS) is 25.4. The van der Waals surface area contributed by atoms with Crippen LogP contribution in [0.15, 0.2) is 23.3 Å². The van der Waals surface area contributed by atoms with Crippen LogP contribution in [-0.4, -0.2) is 5.78 Å². The maximum absolute atomic E-state index is 13.1. The van der Waals surface area contributed by atoms with E-state index in [0.717, 1.165) is 5.57 Å². The van der Waals surface area contributed by atoms with Gasteiger partial charge in [0.15, 0.2) is 5.78 Å². The highest BCUT2D eigenvalue weighted by Crippen LogP contribution is 2.50. The van der Waals surface area contributed by atoms with Gasteiger partial charge in [-0.05, 0) is 28.7 Å². The zero-order valence-corrected chi connectivity index (χ0v) is 15.1. The molecule has 0 saturated carbocycles. The van der Waals surface area contributed by atoms with Crippen molar-refractivity contribution in [2.24, 2.45) is 21.7 Å². The Labute approximate surface area is 125 Å². The van der Waals surface area contributed by atoms with Crippen molar-refractivity contribution in [2.75, 3.05) is 0 Å². The Balaban J connectivity index is 3.59. The number of allylic oxidation sites excluding steroid dienone is 4. The van der Waals surface area contributed by atoms with Crippen LogP contribution in [0.25, 0.3) is 0 Å². The Morgan fingerprint density at radius 1 is 0.850 bits per heavy atom. The molecule has 1 aliphatic carbocycles. The average molecular weight is 276 g/mol. The van der Waals surface area contributed by atoms with Crippen LogP contribution in [0.1, 0.15) is 69.2 Å². The molecule has 0 aromatic rings. The van der Waals surface area contributed by atoms with Gasteiger partial charge in [0.1, 0.15) is 0 Å². The number of carbonyl (C=O) groups is 1. The highest BCUT2D eigenvalue weighted by molar-refractivity contribution is 6.04. The molecule has 0 radical (unpaired) electrons. The minimum absolute atomic E-state index is 0.0592. The monoisotopic (exact) mass is 276 g/mol. The zero-order chi connectivity index (χ0) is 16.1. The van der Waals surface area contributed by atoms with Crippen LogP contribution < -0.4 is 0 Å². The summed E-state index contributed by atoms with van der Waals surface area (Å²) in [6, 6.07) is 0. The van der Waals surface area contributed by atoms with Crippen LogP contribution in [0, 0.1) is 21.7 Å². The Morgan fingerprint density at radius 2 is 1.30 bits per heavy atom. The van der Waals surface area contributed by atoms with E-state index >= 15 is 0 Å². The quantitative estimate of drug-likeness (QED) is 0.565. The van der Waals surface area contributed by atoms with Crippen LogP contribution in [0.3, 0.4) is 0 Å². The lowest BCUT2D eigenvalue weighted by molar-refractivity contribution is -0.127. The fourth-order valence-electron chi connectivity index (χ4n) is 2.47. The Bertz CT molecular complexity index is 469. The minimum atomic E-state index is -0.438. The zero-order valence-electron chi connectivity index (χ0n) is 15.1. The molecule has 0 N–H and O–H groups in total. The summed E-state index contributed by atoms with van der Waals surface area (Å²) in [5, 5.41) is 0. The summed E-state index contributed by atoms with van der Waals surface area (Å²) in [7, 11) is 0. The number of rotatable bonds is 0. The lowest BCUT2D eigenvalue weighted by Crippen LogP contribution is -2.44. The summed E-state index contributed by atoms with van der Waals surface area (Å²) in [5.41, 5.74) is 1.65. The Hall–Kier alpha value is -0.850. The lowest BCUT2D eigenvalue weighted by Gasteiger charge is -2.45. The molecule has 1 rings (SSSR count). The second-order valence-corrected chi connectivity index (χ2v) is 9.44. The molecule has 0 heterocycles. The predicted octanol–water partition coefficient (Wildman–Crippen LogP) is 5.57. The molecule has 1 atom stereocenters. The molecule has 0 aromatic carbocycles. The van der Waals surface area contributed by atoms with Crippen molar-refractivity contribution < 1.29 is 4.79 Å². The highest BCUT2D eigenvalue weighted by atomic mass is 16.1. The van der Waals surface area contributed by atoms with E-state index in [1.54, 1.807) is 0 Å².